The SMILES string of the molecule is CCN(CC)C(=O)n1c(=O)[nH]c(=O)c2ncn(C3CCN(Cc4ccccn4)CC3)c21. The van der Waals surface area contributed by atoms with Crippen LogP contribution in [0.1, 0.15) is 38.4 Å². The predicted octanol–water partition coefficient (Wildman–Crippen LogP) is 1.43. The Morgan fingerprint density at radius 3 is 2.55 bits per heavy atom. The molecule has 3 aromatic heterocycles. The Morgan fingerprint density at radius 2 is 1.90 bits per heavy atom. The quantitative estimate of drug-likeness (QED) is 0.662. The van der Waals surface area contributed by atoms with Crippen LogP contribution in [-0.2, 0) is 6.54 Å². The summed E-state index contributed by atoms with van der Waals surface area (Å²) in [7, 11) is 0. The third-order valence-electron chi connectivity index (χ3n) is 5.91. The lowest BCUT2D eigenvalue weighted by Gasteiger charge is -2.32. The van der Waals surface area contributed by atoms with E-state index < -0.39 is 17.3 Å². The van der Waals surface area contributed by atoms with Crippen LogP contribution in [0.25, 0.3) is 11.2 Å². The van der Waals surface area contributed by atoms with Crippen molar-refractivity contribution in [3.63, 3.8) is 0 Å². The number of hydrogen-bond acceptors (Lipinski definition) is 6. The number of pyridine rings is 1. The molecule has 4 rings (SSSR count). The highest BCUT2D eigenvalue weighted by Gasteiger charge is 2.27. The van der Waals surface area contributed by atoms with Crippen molar-refractivity contribution in [3.05, 3.63) is 57.3 Å². The van der Waals surface area contributed by atoms with E-state index in [0.29, 0.717) is 13.1 Å². The minimum Gasteiger partial charge on any atom is -0.324 e. The molecule has 0 aromatic carbocycles. The first-order valence-corrected chi connectivity index (χ1v) is 10.7. The molecule has 1 fully saturated rings. The van der Waals surface area contributed by atoms with Gasteiger partial charge in [0.25, 0.3) is 5.56 Å². The summed E-state index contributed by atoms with van der Waals surface area (Å²) in [4.78, 5) is 52.8. The molecule has 1 N–H and O–H groups in total. The molecule has 0 bridgehead atoms. The monoisotopic (exact) mass is 425 g/mol. The van der Waals surface area contributed by atoms with Crippen molar-refractivity contribution in [1.29, 1.82) is 0 Å². The summed E-state index contributed by atoms with van der Waals surface area (Å²) in [6.45, 7) is 7.10. The van der Waals surface area contributed by atoms with Crippen molar-refractivity contribution in [2.45, 2.75) is 39.3 Å². The number of hydrogen-bond donors (Lipinski definition) is 1. The Kier molecular flexibility index (Phi) is 5.99. The average molecular weight is 425 g/mol. The van der Waals surface area contributed by atoms with Crippen LogP contribution in [0, 0.1) is 0 Å². The van der Waals surface area contributed by atoms with Crippen LogP contribution in [-0.4, -0.2) is 66.1 Å². The number of rotatable bonds is 5. The maximum absolute atomic E-state index is 13.1. The molecule has 0 unspecified atom stereocenters. The molecule has 0 atom stereocenters. The lowest BCUT2D eigenvalue weighted by atomic mass is 10.0. The van der Waals surface area contributed by atoms with E-state index in [0.717, 1.165) is 42.7 Å². The topological polar surface area (TPSA) is 109 Å². The van der Waals surface area contributed by atoms with Gasteiger partial charge in [0.15, 0.2) is 11.2 Å². The van der Waals surface area contributed by atoms with Gasteiger partial charge < -0.3 is 9.47 Å². The van der Waals surface area contributed by atoms with E-state index in [9.17, 15) is 14.4 Å². The van der Waals surface area contributed by atoms with Gasteiger partial charge in [-0.2, -0.15) is 4.57 Å². The second-order valence-corrected chi connectivity index (χ2v) is 7.70. The number of aromatic amines is 1. The number of H-pyrrole nitrogens is 1. The first kappa shape index (κ1) is 21.0. The van der Waals surface area contributed by atoms with Gasteiger partial charge in [0.1, 0.15) is 0 Å². The number of nitrogens with one attached hydrogen (secondary N) is 1. The number of aromatic nitrogens is 5. The van der Waals surface area contributed by atoms with E-state index in [1.807, 2.05) is 36.6 Å². The minimum atomic E-state index is -0.733. The largest absolute Gasteiger partial charge is 0.338 e. The summed E-state index contributed by atoms with van der Waals surface area (Å²) in [5.74, 6) is 0. The van der Waals surface area contributed by atoms with Crippen molar-refractivity contribution in [2.75, 3.05) is 26.2 Å². The van der Waals surface area contributed by atoms with Crippen LogP contribution in [0.2, 0.25) is 0 Å². The lowest BCUT2D eigenvalue weighted by molar-refractivity contribution is 0.178. The summed E-state index contributed by atoms with van der Waals surface area (Å²) in [6.07, 6.45) is 5.01. The predicted molar refractivity (Wildman–Crippen MR) is 116 cm³/mol. The number of amides is 1. The zero-order valence-corrected chi connectivity index (χ0v) is 17.8. The van der Waals surface area contributed by atoms with Crippen LogP contribution in [0.5, 0.6) is 0 Å². The van der Waals surface area contributed by atoms with E-state index in [1.54, 1.807) is 17.4 Å². The number of carbonyl (C=O) groups excluding carboxylic acids is 1. The van der Waals surface area contributed by atoms with Gasteiger partial charge in [-0.25, -0.2) is 14.6 Å². The van der Waals surface area contributed by atoms with Crippen LogP contribution in [0.15, 0.2) is 40.3 Å². The highest BCUT2D eigenvalue weighted by Crippen LogP contribution is 2.26. The fourth-order valence-electron chi connectivity index (χ4n) is 4.20. The highest BCUT2D eigenvalue weighted by molar-refractivity contribution is 5.86. The van der Waals surface area contributed by atoms with Gasteiger partial charge in [-0.1, -0.05) is 6.07 Å². The molecule has 0 aliphatic carbocycles. The first-order chi connectivity index (χ1) is 15.0. The highest BCUT2D eigenvalue weighted by atomic mass is 16.2. The summed E-state index contributed by atoms with van der Waals surface area (Å²) >= 11 is 0. The Balaban J connectivity index is 1.64. The third kappa shape index (κ3) is 4.02. The fourth-order valence-corrected chi connectivity index (χ4v) is 4.20. The van der Waals surface area contributed by atoms with Gasteiger partial charge in [0, 0.05) is 45.0 Å². The minimum absolute atomic E-state index is 0.0435. The zero-order chi connectivity index (χ0) is 22.0. The number of nitrogens with zero attached hydrogens (tertiary/aromatic N) is 6. The molecule has 0 radical (unpaired) electrons. The van der Waals surface area contributed by atoms with Gasteiger partial charge in [0.05, 0.1) is 12.0 Å². The molecule has 4 heterocycles. The van der Waals surface area contributed by atoms with Crippen molar-refractivity contribution in [1.82, 2.24) is 33.9 Å². The van der Waals surface area contributed by atoms with Crippen molar-refractivity contribution in [2.24, 2.45) is 0 Å². The Labute approximate surface area is 179 Å². The number of fused-ring (bicyclic) bond motifs is 1. The smallest absolute Gasteiger partial charge is 0.324 e. The Hall–Kier alpha value is -3.27. The van der Waals surface area contributed by atoms with Crippen molar-refractivity contribution < 1.29 is 4.79 Å². The van der Waals surface area contributed by atoms with Gasteiger partial charge in [-0.3, -0.25) is 19.7 Å². The van der Waals surface area contributed by atoms with E-state index in [-0.39, 0.29) is 17.2 Å². The fraction of sp³-hybridized carbons (Fsp3) is 0.476. The van der Waals surface area contributed by atoms with Gasteiger partial charge in [-0.05, 0) is 38.8 Å². The molecule has 3 aromatic rings. The standard InChI is InChI=1S/C21H27N7O3/c1-3-26(4-2)21(31)28-19-17(18(29)24-20(28)30)23-14-27(19)16-8-11-25(12-9-16)13-15-7-5-6-10-22-15/h5-7,10,14,16H,3-4,8-9,11-13H2,1-2H3,(H,24,29,30). The maximum atomic E-state index is 13.1. The summed E-state index contributed by atoms with van der Waals surface area (Å²) in [6, 6.07) is 5.49. The second kappa shape index (κ2) is 8.84. The molecule has 0 spiro atoms. The van der Waals surface area contributed by atoms with E-state index >= 15 is 0 Å². The molecule has 1 aliphatic rings. The lowest BCUT2D eigenvalue weighted by Crippen LogP contribution is -2.43. The Morgan fingerprint density at radius 1 is 1.16 bits per heavy atom. The van der Waals surface area contributed by atoms with Crippen LogP contribution < -0.4 is 11.2 Å². The van der Waals surface area contributed by atoms with Crippen LogP contribution in [0.4, 0.5) is 4.79 Å². The Bertz CT molecular complexity index is 1170. The number of piperidine rings is 1. The zero-order valence-electron chi connectivity index (χ0n) is 17.8. The maximum Gasteiger partial charge on any atom is 0.338 e. The number of carbonyl (C=O) groups is 1. The van der Waals surface area contributed by atoms with E-state index in [2.05, 4.69) is 19.9 Å². The molecule has 0 saturated carbocycles. The van der Waals surface area contributed by atoms with Gasteiger partial charge in [0.2, 0.25) is 0 Å². The normalized spacial score (nSPS) is 15.4. The van der Waals surface area contributed by atoms with Gasteiger partial charge in [-0.15, -0.1) is 0 Å². The third-order valence-corrected chi connectivity index (χ3v) is 5.91. The summed E-state index contributed by atoms with van der Waals surface area (Å²) < 4.78 is 2.88. The first-order valence-electron chi connectivity index (χ1n) is 10.7. The molecule has 1 saturated heterocycles. The molecular weight excluding hydrogens is 398 g/mol. The van der Waals surface area contributed by atoms with E-state index in [1.165, 1.54) is 0 Å². The summed E-state index contributed by atoms with van der Waals surface area (Å²) in [5.41, 5.74) is 0.0998. The molecule has 31 heavy (non-hydrogen) atoms. The van der Waals surface area contributed by atoms with Crippen LogP contribution in [0.3, 0.4) is 0 Å². The van der Waals surface area contributed by atoms with Crippen LogP contribution >= 0.6 is 0 Å². The van der Waals surface area contributed by atoms with Crippen molar-refractivity contribution in [3.8, 4) is 0 Å². The number of imidazole rings is 1. The molecular formula is C21H27N7O3. The van der Waals surface area contributed by atoms with Gasteiger partial charge >= 0.3 is 11.7 Å². The molecule has 10 heteroatoms. The molecule has 10 nitrogen and oxygen atoms in total. The average Bonchev–Trinajstić information content (AvgIpc) is 3.21. The van der Waals surface area contributed by atoms with E-state index in [4.69, 9.17) is 0 Å². The van der Waals surface area contributed by atoms with Crippen molar-refractivity contribution >= 4 is 17.2 Å². The molecule has 1 aliphatic heterocycles. The second-order valence-electron chi connectivity index (χ2n) is 7.70. The molecule has 1 amide bonds. The molecule has 164 valence electrons. The summed E-state index contributed by atoms with van der Waals surface area (Å²) in [5, 5.41) is 0. The number of likely N-dealkylation sites (tertiary alicyclic amines) is 1.